The molecule has 0 radical (unpaired) electrons. The SMILES string of the molecule is NCc1cc(CN2CCS(=O)(=O)CC2)on1. The molecule has 0 aromatic carbocycles. The summed E-state index contributed by atoms with van der Waals surface area (Å²) < 4.78 is 27.5. The third-order valence-electron chi connectivity index (χ3n) is 2.63. The molecule has 90 valence electrons. The van der Waals surface area contributed by atoms with Crippen molar-refractivity contribution in [1.82, 2.24) is 10.1 Å². The van der Waals surface area contributed by atoms with Gasteiger partial charge >= 0.3 is 0 Å². The normalized spacial score (nSPS) is 21.1. The van der Waals surface area contributed by atoms with Gasteiger partial charge in [0.05, 0.1) is 23.7 Å². The van der Waals surface area contributed by atoms with Gasteiger partial charge in [-0.1, -0.05) is 5.16 Å². The third kappa shape index (κ3) is 2.81. The summed E-state index contributed by atoms with van der Waals surface area (Å²) in [6, 6.07) is 1.81. The Kier molecular flexibility index (Phi) is 3.27. The van der Waals surface area contributed by atoms with E-state index in [2.05, 4.69) is 5.16 Å². The van der Waals surface area contributed by atoms with Gasteiger partial charge in [0.15, 0.2) is 15.6 Å². The lowest BCUT2D eigenvalue weighted by Gasteiger charge is -2.25. The summed E-state index contributed by atoms with van der Waals surface area (Å²) in [5, 5.41) is 3.78. The van der Waals surface area contributed by atoms with Gasteiger partial charge < -0.3 is 10.3 Å². The molecule has 1 aromatic heterocycles. The summed E-state index contributed by atoms with van der Waals surface area (Å²) in [5.74, 6) is 1.19. The lowest BCUT2D eigenvalue weighted by atomic mass is 10.3. The third-order valence-corrected chi connectivity index (χ3v) is 4.24. The smallest absolute Gasteiger partial charge is 0.152 e. The van der Waals surface area contributed by atoms with Gasteiger partial charge in [0.25, 0.3) is 0 Å². The zero-order valence-corrected chi connectivity index (χ0v) is 9.74. The summed E-state index contributed by atoms with van der Waals surface area (Å²) in [4.78, 5) is 2.04. The molecule has 1 fully saturated rings. The van der Waals surface area contributed by atoms with E-state index in [4.69, 9.17) is 10.3 Å². The highest BCUT2D eigenvalue weighted by Crippen LogP contribution is 2.10. The van der Waals surface area contributed by atoms with Crippen molar-refractivity contribution < 1.29 is 12.9 Å². The van der Waals surface area contributed by atoms with Crippen LogP contribution >= 0.6 is 0 Å². The van der Waals surface area contributed by atoms with Crippen LogP contribution in [0, 0.1) is 0 Å². The number of aromatic nitrogens is 1. The van der Waals surface area contributed by atoms with Gasteiger partial charge in [-0.2, -0.15) is 0 Å². The van der Waals surface area contributed by atoms with Crippen LogP contribution in [0.5, 0.6) is 0 Å². The first kappa shape index (κ1) is 11.6. The average molecular weight is 245 g/mol. The molecule has 7 heteroatoms. The first-order valence-corrected chi connectivity index (χ1v) is 6.98. The van der Waals surface area contributed by atoms with Gasteiger partial charge in [-0.3, -0.25) is 4.90 Å². The quantitative estimate of drug-likeness (QED) is 0.762. The van der Waals surface area contributed by atoms with E-state index in [-0.39, 0.29) is 11.5 Å². The Hall–Kier alpha value is -0.920. The van der Waals surface area contributed by atoms with Crippen molar-refractivity contribution in [3.8, 4) is 0 Å². The van der Waals surface area contributed by atoms with Crippen molar-refractivity contribution in [2.45, 2.75) is 13.1 Å². The predicted octanol–water partition coefficient (Wildman–Crippen LogP) is -0.636. The second-order valence-corrected chi connectivity index (χ2v) is 6.22. The molecular formula is C9H15N3O3S. The van der Waals surface area contributed by atoms with Crippen LogP contribution in [0.25, 0.3) is 0 Å². The molecule has 2 rings (SSSR count). The van der Waals surface area contributed by atoms with Crippen molar-refractivity contribution in [3.05, 3.63) is 17.5 Å². The highest BCUT2D eigenvalue weighted by Gasteiger charge is 2.22. The Labute approximate surface area is 94.3 Å². The minimum absolute atomic E-state index is 0.227. The van der Waals surface area contributed by atoms with Crippen molar-refractivity contribution in [3.63, 3.8) is 0 Å². The van der Waals surface area contributed by atoms with Crippen LogP contribution in [0.1, 0.15) is 11.5 Å². The Morgan fingerprint density at radius 2 is 2.12 bits per heavy atom. The van der Waals surface area contributed by atoms with Crippen LogP contribution in [0.2, 0.25) is 0 Å². The lowest BCUT2D eigenvalue weighted by Crippen LogP contribution is -2.39. The maximum atomic E-state index is 11.2. The van der Waals surface area contributed by atoms with Crippen LogP contribution in [0.3, 0.4) is 0 Å². The molecular weight excluding hydrogens is 230 g/mol. The average Bonchev–Trinajstić information content (AvgIpc) is 2.69. The molecule has 16 heavy (non-hydrogen) atoms. The van der Waals surface area contributed by atoms with Gasteiger partial charge in [-0.05, 0) is 0 Å². The fourth-order valence-corrected chi connectivity index (χ4v) is 2.93. The molecule has 0 atom stereocenters. The van der Waals surface area contributed by atoms with Crippen LogP contribution < -0.4 is 5.73 Å². The number of nitrogens with two attached hydrogens (primary N) is 1. The summed E-state index contributed by atoms with van der Waals surface area (Å²) in [6.07, 6.45) is 0. The van der Waals surface area contributed by atoms with Gasteiger partial charge in [0.1, 0.15) is 0 Å². The van der Waals surface area contributed by atoms with Crippen molar-refractivity contribution in [2.24, 2.45) is 5.73 Å². The van der Waals surface area contributed by atoms with E-state index >= 15 is 0 Å². The molecule has 1 aromatic rings. The zero-order valence-electron chi connectivity index (χ0n) is 8.92. The van der Waals surface area contributed by atoms with Crippen molar-refractivity contribution in [2.75, 3.05) is 24.6 Å². The first-order valence-electron chi connectivity index (χ1n) is 5.16. The Morgan fingerprint density at radius 3 is 2.69 bits per heavy atom. The van der Waals surface area contributed by atoms with Crippen LogP contribution in [-0.4, -0.2) is 43.1 Å². The molecule has 6 nitrogen and oxygen atoms in total. The van der Waals surface area contributed by atoms with Gasteiger partial charge in [-0.15, -0.1) is 0 Å². The van der Waals surface area contributed by atoms with E-state index in [0.29, 0.717) is 26.2 Å². The maximum absolute atomic E-state index is 11.2. The van der Waals surface area contributed by atoms with Gasteiger partial charge in [-0.25, -0.2) is 8.42 Å². The van der Waals surface area contributed by atoms with E-state index < -0.39 is 9.84 Å². The number of rotatable bonds is 3. The number of nitrogens with zero attached hydrogens (tertiary/aromatic N) is 2. The van der Waals surface area contributed by atoms with E-state index in [0.717, 1.165) is 11.5 Å². The topological polar surface area (TPSA) is 89.4 Å². The fraction of sp³-hybridized carbons (Fsp3) is 0.667. The molecule has 2 N–H and O–H groups in total. The summed E-state index contributed by atoms with van der Waals surface area (Å²) >= 11 is 0. The minimum Gasteiger partial charge on any atom is -0.360 e. The fourth-order valence-electron chi connectivity index (χ4n) is 1.66. The molecule has 0 aliphatic carbocycles. The summed E-state index contributed by atoms with van der Waals surface area (Å²) in [7, 11) is -2.82. The van der Waals surface area contributed by atoms with Crippen LogP contribution in [-0.2, 0) is 22.9 Å². The van der Waals surface area contributed by atoms with Crippen molar-refractivity contribution >= 4 is 9.84 Å². The maximum Gasteiger partial charge on any atom is 0.152 e. The highest BCUT2D eigenvalue weighted by molar-refractivity contribution is 7.91. The Morgan fingerprint density at radius 1 is 1.44 bits per heavy atom. The minimum atomic E-state index is -2.82. The molecule has 2 heterocycles. The first-order chi connectivity index (χ1) is 7.59. The predicted molar refractivity (Wildman–Crippen MR) is 58.3 cm³/mol. The summed E-state index contributed by atoms with van der Waals surface area (Å²) in [6.45, 7) is 2.07. The largest absolute Gasteiger partial charge is 0.360 e. The Bertz CT molecular complexity index is 440. The van der Waals surface area contributed by atoms with E-state index in [1.54, 1.807) is 0 Å². The zero-order chi connectivity index (χ0) is 11.6. The van der Waals surface area contributed by atoms with Crippen LogP contribution in [0.15, 0.2) is 10.6 Å². The Balaban J connectivity index is 1.91. The molecule has 1 aliphatic rings. The monoisotopic (exact) mass is 245 g/mol. The molecule has 0 amide bonds. The molecule has 0 unspecified atom stereocenters. The van der Waals surface area contributed by atoms with Crippen molar-refractivity contribution in [1.29, 1.82) is 0 Å². The lowest BCUT2D eigenvalue weighted by molar-refractivity contribution is 0.246. The molecule has 0 spiro atoms. The standard InChI is InChI=1S/C9H15N3O3S/c10-6-8-5-9(15-11-8)7-12-1-3-16(13,14)4-2-12/h5H,1-4,6-7,10H2. The van der Waals surface area contributed by atoms with E-state index in [1.807, 2.05) is 11.0 Å². The number of sulfone groups is 1. The van der Waals surface area contributed by atoms with Crippen LogP contribution in [0.4, 0.5) is 0 Å². The molecule has 0 saturated carbocycles. The van der Waals surface area contributed by atoms with Gasteiger partial charge in [0.2, 0.25) is 0 Å². The second-order valence-electron chi connectivity index (χ2n) is 3.92. The number of hydrogen-bond acceptors (Lipinski definition) is 6. The highest BCUT2D eigenvalue weighted by atomic mass is 32.2. The van der Waals surface area contributed by atoms with E-state index in [9.17, 15) is 8.42 Å². The second kappa shape index (κ2) is 4.52. The number of hydrogen-bond donors (Lipinski definition) is 1. The van der Waals surface area contributed by atoms with Gasteiger partial charge in [0, 0.05) is 25.7 Å². The summed E-state index contributed by atoms with van der Waals surface area (Å²) in [5.41, 5.74) is 6.14. The molecule has 1 aliphatic heterocycles. The molecule has 0 bridgehead atoms. The van der Waals surface area contributed by atoms with E-state index in [1.165, 1.54) is 0 Å². The molecule has 1 saturated heterocycles.